The third-order valence-electron chi connectivity index (χ3n) is 4.54. The van der Waals surface area contributed by atoms with E-state index in [2.05, 4.69) is 5.32 Å². The molecule has 3 rings (SSSR count). The Bertz CT molecular complexity index is 491. The molecule has 0 spiro atoms. The number of hydrogen-bond donors (Lipinski definition) is 1. The second kappa shape index (κ2) is 7.63. The van der Waals surface area contributed by atoms with Crippen molar-refractivity contribution < 1.29 is 14.3 Å². The van der Waals surface area contributed by atoms with Crippen LogP contribution in [-0.4, -0.2) is 25.2 Å². The van der Waals surface area contributed by atoms with Gasteiger partial charge in [-0.2, -0.15) is 0 Å². The Morgan fingerprint density at radius 3 is 2.82 bits per heavy atom. The van der Waals surface area contributed by atoms with Gasteiger partial charge in [0, 0.05) is 24.3 Å². The normalized spacial score (nSPS) is 22.5. The fourth-order valence-corrected chi connectivity index (χ4v) is 3.24. The third-order valence-corrected chi connectivity index (χ3v) is 4.54. The molecule has 1 aromatic carbocycles. The van der Waals surface area contributed by atoms with Crippen LogP contribution in [0.4, 0.5) is 5.69 Å². The van der Waals surface area contributed by atoms with Crippen LogP contribution >= 0.6 is 0 Å². The zero-order chi connectivity index (χ0) is 15.2. The van der Waals surface area contributed by atoms with E-state index in [1.807, 2.05) is 24.3 Å². The second-order valence-corrected chi connectivity index (χ2v) is 6.30. The lowest BCUT2D eigenvalue weighted by Crippen LogP contribution is -2.24. The van der Waals surface area contributed by atoms with E-state index in [-0.39, 0.29) is 17.9 Å². The molecule has 1 aromatic rings. The van der Waals surface area contributed by atoms with Crippen LogP contribution in [-0.2, 0) is 9.53 Å². The van der Waals surface area contributed by atoms with Crippen molar-refractivity contribution in [2.24, 2.45) is 5.92 Å². The molecule has 120 valence electrons. The number of carbonyl (C=O) groups is 1. The van der Waals surface area contributed by atoms with Gasteiger partial charge in [0.2, 0.25) is 5.91 Å². The van der Waals surface area contributed by atoms with Crippen molar-refractivity contribution in [1.29, 1.82) is 0 Å². The SMILES string of the molecule is O=C(Nc1cccc(OCC2CCCO2)c1)C1CCCCC1. The molecule has 2 aliphatic rings. The first-order valence-corrected chi connectivity index (χ1v) is 8.46. The summed E-state index contributed by atoms with van der Waals surface area (Å²) in [5, 5.41) is 3.03. The Morgan fingerprint density at radius 2 is 2.05 bits per heavy atom. The number of anilines is 1. The Morgan fingerprint density at radius 1 is 1.18 bits per heavy atom. The van der Waals surface area contributed by atoms with Crippen LogP contribution in [0.15, 0.2) is 24.3 Å². The van der Waals surface area contributed by atoms with Gasteiger partial charge in [-0.05, 0) is 37.8 Å². The van der Waals surface area contributed by atoms with Gasteiger partial charge in [-0.25, -0.2) is 0 Å². The average Bonchev–Trinajstić information content (AvgIpc) is 3.08. The average molecular weight is 303 g/mol. The summed E-state index contributed by atoms with van der Waals surface area (Å²) < 4.78 is 11.3. The quantitative estimate of drug-likeness (QED) is 0.901. The van der Waals surface area contributed by atoms with E-state index >= 15 is 0 Å². The first-order valence-electron chi connectivity index (χ1n) is 8.46. The van der Waals surface area contributed by atoms with E-state index in [1.165, 1.54) is 19.3 Å². The molecule has 22 heavy (non-hydrogen) atoms. The lowest BCUT2D eigenvalue weighted by Gasteiger charge is -2.21. The summed E-state index contributed by atoms with van der Waals surface area (Å²) in [6, 6.07) is 7.65. The van der Waals surface area contributed by atoms with Gasteiger partial charge in [0.15, 0.2) is 0 Å². The molecular formula is C18H25NO3. The molecule has 1 saturated heterocycles. The zero-order valence-corrected chi connectivity index (χ0v) is 13.1. The number of hydrogen-bond acceptors (Lipinski definition) is 3. The number of ether oxygens (including phenoxy) is 2. The van der Waals surface area contributed by atoms with Crippen molar-refractivity contribution in [3.63, 3.8) is 0 Å². The topological polar surface area (TPSA) is 47.6 Å². The molecule has 1 unspecified atom stereocenters. The first kappa shape index (κ1) is 15.3. The van der Waals surface area contributed by atoms with Gasteiger partial charge in [0.1, 0.15) is 12.4 Å². The second-order valence-electron chi connectivity index (χ2n) is 6.30. The maximum Gasteiger partial charge on any atom is 0.227 e. The van der Waals surface area contributed by atoms with E-state index in [9.17, 15) is 4.79 Å². The summed E-state index contributed by atoms with van der Waals surface area (Å²) in [4.78, 5) is 12.3. The Hall–Kier alpha value is -1.55. The summed E-state index contributed by atoms with van der Waals surface area (Å²) in [6.07, 6.45) is 8.02. The van der Waals surface area contributed by atoms with Crippen molar-refractivity contribution in [3.05, 3.63) is 24.3 Å². The van der Waals surface area contributed by atoms with Crippen molar-refractivity contribution in [2.45, 2.75) is 51.0 Å². The minimum Gasteiger partial charge on any atom is -0.491 e. The fraction of sp³-hybridized carbons (Fsp3) is 0.611. The van der Waals surface area contributed by atoms with Gasteiger partial charge in [-0.15, -0.1) is 0 Å². The lowest BCUT2D eigenvalue weighted by molar-refractivity contribution is -0.120. The molecule has 1 aliphatic carbocycles. The Labute approximate surface area is 132 Å². The van der Waals surface area contributed by atoms with Crippen LogP contribution < -0.4 is 10.1 Å². The maximum absolute atomic E-state index is 12.3. The van der Waals surface area contributed by atoms with Crippen molar-refractivity contribution in [1.82, 2.24) is 0 Å². The molecule has 1 amide bonds. The van der Waals surface area contributed by atoms with Gasteiger partial charge in [-0.1, -0.05) is 25.3 Å². The van der Waals surface area contributed by atoms with Crippen molar-refractivity contribution in [2.75, 3.05) is 18.5 Å². The predicted octanol–water partition coefficient (Wildman–Crippen LogP) is 3.76. The molecule has 4 heteroatoms. The molecule has 1 atom stereocenters. The highest BCUT2D eigenvalue weighted by molar-refractivity contribution is 5.92. The monoisotopic (exact) mass is 303 g/mol. The van der Waals surface area contributed by atoms with Gasteiger partial charge in [0.25, 0.3) is 0 Å². The van der Waals surface area contributed by atoms with Gasteiger partial charge >= 0.3 is 0 Å². The van der Waals surface area contributed by atoms with E-state index < -0.39 is 0 Å². The fourth-order valence-electron chi connectivity index (χ4n) is 3.24. The minimum atomic E-state index is 0.149. The molecule has 1 aliphatic heterocycles. The summed E-state index contributed by atoms with van der Waals surface area (Å²) in [7, 11) is 0. The van der Waals surface area contributed by atoms with Crippen LogP contribution in [0.3, 0.4) is 0 Å². The largest absolute Gasteiger partial charge is 0.491 e. The summed E-state index contributed by atoms with van der Waals surface area (Å²) in [5.74, 6) is 1.11. The van der Waals surface area contributed by atoms with Crippen LogP contribution in [0.1, 0.15) is 44.9 Å². The van der Waals surface area contributed by atoms with Crippen LogP contribution in [0.5, 0.6) is 5.75 Å². The van der Waals surface area contributed by atoms with Crippen molar-refractivity contribution in [3.8, 4) is 5.75 Å². The Balaban J connectivity index is 1.52. The molecule has 1 saturated carbocycles. The zero-order valence-electron chi connectivity index (χ0n) is 13.1. The van der Waals surface area contributed by atoms with Gasteiger partial charge in [0.05, 0.1) is 6.10 Å². The number of amides is 1. The first-order chi connectivity index (χ1) is 10.8. The molecule has 0 aromatic heterocycles. The minimum absolute atomic E-state index is 0.149. The number of rotatable bonds is 5. The Kier molecular flexibility index (Phi) is 5.33. The van der Waals surface area contributed by atoms with E-state index in [0.717, 1.165) is 43.7 Å². The van der Waals surface area contributed by atoms with Crippen LogP contribution in [0.2, 0.25) is 0 Å². The van der Waals surface area contributed by atoms with E-state index in [4.69, 9.17) is 9.47 Å². The lowest BCUT2D eigenvalue weighted by atomic mass is 9.88. The molecule has 1 heterocycles. The highest BCUT2D eigenvalue weighted by Gasteiger charge is 2.21. The maximum atomic E-state index is 12.3. The van der Waals surface area contributed by atoms with Crippen molar-refractivity contribution >= 4 is 11.6 Å². The van der Waals surface area contributed by atoms with E-state index in [0.29, 0.717) is 6.61 Å². The number of benzene rings is 1. The molecule has 2 fully saturated rings. The number of nitrogens with one attached hydrogen (secondary N) is 1. The molecule has 0 radical (unpaired) electrons. The van der Waals surface area contributed by atoms with Gasteiger partial charge < -0.3 is 14.8 Å². The number of carbonyl (C=O) groups excluding carboxylic acids is 1. The summed E-state index contributed by atoms with van der Waals surface area (Å²) in [6.45, 7) is 1.42. The van der Waals surface area contributed by atoms with Gasteiger partial charge in [-0.3, -0.25) is 4.79 Å². The standard InChI is InChI=1S/C18H25NO3/c20-18(14-6-2-1-3-7-14)19-15-8-4-9-16(12-15)22-13-17-10-5-11-21-17/h4,8-9,12,14,17H,1-3,5-7,10-11,13H2,(H,19,20). The predicted molar refractivity (Wildman–Crippen MR) is 86.1 cm³/mol. The summed E-state index contributed by atoms with van der Waals surface area (Å²) in [5.41, 5.74) is 0.820. The van der Waals surface area contributed by atoms with E-state index in [1.54, 1.807) is 0 Å². The van der Waals surface area contributed by atoms with Crippen LogP contribution in [0.25, 0.3) is 0 Å². The smallest absolute Gasteiger partial charge is 0.227 e. The third kappa shape index (κ3) is 4.23. The van der Waals surface area contributed by atoms with Crippen LogP contribution in [0, 0.1) is 5.92 Å². The molecule has 1 N–H and O–H groups in total. The summed E-state index contributed by atoms with van der Waals surface area (Å²) >= 11 is 0. The molecule has 4 nitrogen and oxygen atoms in total. The molecular weight excluding hydrogens is 278 g/mol. The highest BCUT2D eigenvalue weighted by Crippen LogP contribution is 2.26. The molecule has 0 bridgehead atoms. The highest BCUT2D eigenvalue weighted by atomic mass is 16.5.